The van der Waals surface area contributed by atoms with E-state index in [4.69, 9.17) is 14.2 Å². The summed E-state index contributed by atoms with van der Waals surface area (Å²) in [5, 5.41) is 0. The number of rotatable bonds is 14. The average Bonchev–Trinajstić information content (AvgIpc) is 3.15. The maximum absolute atomic E-state index is 13.0. The molecule has 0 aromatic carbocycles. The minimum absolute atomic E-state index is 0.165. The van der Waals surface area contributed by atoms with E-state index in [9.17, 15) is 14.4 Å². The molecule has 37 heavy (non-hydrogen) atoms. The monoisotopic (exact) mass is 520 g/mol. The highest BCUT2D eigenvalue weighted by Crippen LogP contribution is 2.27. The van der Waals surface area contributed by atoms with Crippen molar-refractivity contribution in [1.29, 1.82) is 0 Å². The first-order valence-electron chi connectivity index (χ1n) is 14.1. The smallest absolute Gasteiger partial charge is 0.347 e. The third kappa shape index (κ3) is 13.3. The van der Waals surface area contributed by atoms with Gasteiger partial charge in [-0.2, -0.15) is 0 Å². The number of hydrogen-bond donors (Lipinski definition) is 0. The van der Waals surface area contributed by atoms with E-state index in [0.717, 1.165) is 17.9 Å². The van der Waals surface area contributed by atoms with Gasteiger partial charge in [-0.15, -0.1) is 0 Å². The fourth-order valence-electron chi connectivity index (χ4n) is 5.01. The zero-order valence-electron chi connectivity index (χ0n) is 25.0. The maximum Gasteiger partial charge on any atom is 0.347 e. The van der Waals surface area contributed by atoms with Crippen LogP contribution in [0, 0.1) is 29.6 Å². The van der Waals surface area contributed by atoms with E-state index in [2.05, 4.69) is 40.7 Å². The van der Waals surface area contributed by atoms with Gasteiger partial charge in [0.1, 0.15) is 5.60 Å². The molecule has 0 aliphatic carbocycles. The molecule has 6 heteroatoms. The van der Waals surface area contributed by atoms with Gasteiger partial charge >= 0.3 is 17.9 Å². The second-order valence-electron chi connectivity index (χ2n) is 12.5. The number of carbonyl (C=O) groups excluding carboxylic acids is 3. The SMILES string of the molecule is CCC(C)CC(C)CC(C)CC(C)/C=C(C)/C=C(/CC(C)C(=O)O[C@@H]1CCOC1=O)C(=O)OC(C)(C)C. The van der Waals surface area contributed by atoms with Gasteiger partial charge < -0.3 is 14.2 Å². The Bertz CT molecular complexity index is 818. The molecule has 0 N–H and O–H groups in total. The van der Waals surface area contributed by atoms with Crippen LogP contribution in [0.15, 0.2) is 23.3 Å². The van der Waals surface area contributed by atoms with Crippen molar-refractivity contribution in [1.82, 2.24) is 0 Å². The standard InChI is InChI=1S/C31H52O6/c1-11-20(2)14-21(3)15-22(4)16-23(5)17-24(6)18-26(29(33)37-31(8,9)10)19-25(7)28(32)36-27-12-13-35-30(27)34/h17-18,20-23,25,27H,11-16,19H2,1-10H3/b24-17+,26-18-/t20?,21?,22?,23?,25?,27-/m1/s1. The highest BCUT2D eigenvalue weighted by Gasteiger charge is 2.32. The number of esters is 3. The molecule has 1 fully saturated rings. The van der Waals surface area contributed by atoms with Gasteiger partial charge in [-0.05, 0) is 83.1 Å². The summed E-state index contributed by atoms with van der Waals surface area (Å²) in [6.07, 6.45) is 8.49. The fourth-order valence-corrected chi connectivity index (χ4v) is 5.01. The van der Waals surface area contributed by atoms with Crippen molar-refractivity contribution in [2.24, 2.45) is 29.6 Å². The van der Waals surface area contributed by atoms with E-state index in [0.29, 0.717) is 29.7 Å². The molecule has 1 rings (SSSR count). The van der Waals surface area contributed by atoms with Crippen molar-refractivity contribution in [2.75, 3.05) is 6.61 Å². The summed E-state index contributed by atoms with van der Waals surface area (Å²) in [5.41, 5.74) is 0.734. The lowest BCUT2D eigenvalue weighted by atomic mass is 9.84. The van der Waals surface area contributed by atoms with Gasteiger partial charge in [0.05, 0.1) is 12.5 Å². The second kappa shape index (κ2) is 15.3. The van der Waals surface area contributed by atoms with Crippen molar-refractivity contribution >= 4 is 17.9 Å². The molecule has 0 aromatic heterocycles. The quantitative estimate of drug-likeness (QED) is 0.104. The van der Waals surface area contributed by atoms with Gasteiger partial charge in [0, 0.05) is 12.0 Å². The van der Waals surface area contributed by atoms with Crippen LogP contribution in [0.1, 0.15) is 108 Å². The molecule has 1 heterocycles. The average molecular weight is 521 g/mol. The Morgan fingerprint density at radius 1 is 1.03 bits per heavy atom. The molecule has 212 valence electrons. The third-order valence-corrected chi connectivity index (χ3v) is 6.77. The maximum atomic E-state index is 13.0. The van der Waals surface area contributed by atoms with E-state index >= 15 is 0 Å². The summed E-state index contributed by atoms with van der Waals surface area (Å²) in [6.45, 7) is 20.9. The molecular weight excluding hydrogens is 468 g/mol. The first-order valence-corrected chi connectivity index (χ1v) is 14.1. The van der Waals surface area contributed by atoms with Crippen molar-refractivity contribution in [3.8, 4) is 0 Å². The second-order valence-corrected chi connectivity index (χ2v) is 12.5. The Hall–Kier alpha value is -2.11. The first kappa shape index (κ1) is 32.9. The van der Waals surface area contributed by atoms with Gasteiger partial charge in [0.15, 0.2) is 0 Å². The molecule has 1 aliphatic rings. The molecule has 0 bridgehead atoms. The zero-order chi connectivity index (χ0) is 28.3. The lowest BCUT2D eigenvalue weighted by molar-refractivity contribution is -0.163. The molecule has 0 radical (unpaired) electrons. The zero-order valence-corrected chi connectivity index (χ0v) is 25.0. The predicted octanol–water partition coefficient (Wildman–Crippen LogP) is 7.21. The number of hydrogen-bond acceptors (Lipinski definition) is 6. The summed E-state index contributed by atoms with van der Waals surface area (Å²) in [4.78, 5) is 37.3. The Balaban J connectivity index is 2.90. The first-order chi connectivity index (χ1) is 17.1. The van der Waals surface area contributed by atoms with E-state index in [-0.39, 0.29) is 13.0 Å². The van der Waals surface area contributed by atoms with Crippen LogP contribution in [0.25, 0.3) is 0 Å². The summed E-state index contributed by atoms with van der Waals surface area (Å²) >= 11 is 0. The van der Waals surface area contributed by atoms with Crippen molar-refractivity contribution in [3.63, 3.8) is 0 Å². The van der Waals surface area contributed by atoms with Crippen LogP contribution >= 0.6 is 0 Å². The van der Waals surface area contributed by atoms with Crippen LogP contribution < -0.4 is 0 Å². The van der Waals surface area contributed by atoms with Crippen LogP contribution in [0.2, 0.25) is 0 Å². The molecular formula is C31H52O6. The molecule has 0 spiro atoms. The number of ether oxygens (including phenoxy) is 3. The Morgan fingerprint density at radius 3 is 2.16 bits per heavy atom. The van der Waals surface area contributed by atoms with Gasteiger partial charge in [-0.25, -0.2) is 9.59 Å². The van der Waals surface area contributed by atoms with Gasteiger partial charge in [-0.1, -0.05) is 59.6 Å². The summed E-state index contributed by atoms with van der Waals surface area (Å²) < 4.78 is 15.8. The van der Waals surface area contributed by atoms with Gasteiger partial charge in [-0.3, -0.25) is 4.79 Å². The molecule has 0 amide bonds. The van der Waals surface area contributed by atoms with Gasteiger partial charge in [0.25, 0.3) is 0 Å². The third-order valence-electron chi connectivity index (χ3n) is 6.77. The van der Waals surface area contributed by atoms with Crippen molar-refractivity contribution in [2.45, 2.75) is 119 Å². The van der Waals surface area contributed by atoms with Crippen molar-refractivity contribution < 1.29 is 28.6 Å². The largest absolute Gasteiger partial charge is 0.463 e. The molecule has 1 aliphatic heterocycles. The summed E-state index contributed by atoms with van der Waals surface area (Å²) in [6, 6.07) is 0. The van der Waals surface area contributed by atoms with E-state index < -0.39 is 35.5 Å². The van der Waals surface area contributed by atoms with Gasteiger partial charge in [0.2, 0.25) is 6.10 Å². The van der Waals surface area contributed by atoms with Crippen LogP contribution in [0.5, 0.6) is 0 Å². The van der Waals surface area contributed by atoms with Crippen LogP contribution in [0.3, 0.4) is 0 Å². The summed E-state index contributed by atoms with van der Waals surface area (Å²) in [5.74, 6) is 0.373. The number of allylic oxidation sites excluding steroid dienone is 3. The summed E-state index contributed by atoms with van der Waals surface area (Å²) in [7, 11) is 0. The molecule has 0 saturated carbocycles. The minimum Gasteiger partial charge on any atom is -0.463 e. The van der Waals surface area contributed by atoms with Crippen molar-refractivity contribution in [3.05, 3.63) is 23.3 Å². The van der Waals surface area contributed by atoms with Crippen LogP contribution in [-0.2, 0) is 28.6 Å². The highest BCUT2D eigenvalue weighted by atomic mass is 16.6. The molecule has 1 saturated heterocycles. The lowest BCUT2D eigenvalue weighted by Gasteiger charge is -2.22. The number of cyclic esters (lactones) is 1. The van der Waals surface area contributed by atoms with Crippen LogP contribution in [0.4, 0.5) is 0 Å². The lowest BCUT2D eigenvalue weighted by Crippen LogP contribution is -2.28. The predicted molar refractivity (Wildman–Crippen MR) is 148 cm³/mol. The van der Waals surface area contributed by atoms with E-state index in [1.807, 2.05) is 33.8 Å². The minimum atomic E-state index is -0.860. The fraction of sp³-hybridized carbons (Fsp3) is 0.774. The van der Waals surface area contributed by atoms with E-state index in [1.54, 1.807) is 6.92 Å². The highest BCUT2D eigenvalue weighted by molar-refractivity contribution is 5.90. The van der Waals surface area contributed by atoms with E-state index in [1.165, 1.54) is 19.3 Å². The Morgan fingerprint density at radius 2 is 1.62 bits per heavy atom. The molecule has 6 atom stereocenters. The topological polar surface area (TPSA) is 78.9 Å². The Labute approximate surface area is 225 Å². The van der Waals surface area contributed by atoms with Crippen LogP contribution in [-0.4, -0.2) is 36.2 Å². The Kier molecular flexibility index (Phi) is 13.6. The molecule has 0 aromatic rings. The number of carbonyl (C=O) groups is 3. The molecule has 6 nitrogen and oxygen atoms in total. The molecule has 5 unspecified atom stereocenters. The normalized spacial score (nSPS) is 21.0.